The molecule has 3 aromatic rings. The van der Waals surface area contributed by atoms with Crippen LogP contribution in [0.1, 0.15) is 81.4 Å². The van der Waals surface area contributed by atoms with Gasteiger partial charge in [-0.2, -0.15) is 10.2 Å². The fourth-order valence-corrected chi connectivity index (χ4v) is 4.87. The second kappa shape index (κ2) is 14.5. The van der Waals surface area contributed by atoms with Crippen molar-refractivity contribution in [3.05, 3.63) is 65.6 Å². The average molecular weight is 581 g/mol. The van der Waals surface area contributed by atoms with Crippen LogP contribution in [-0.2, 0) is 32.9 Å². The lowest BCUT2D eigenvalue weighted by molar-refractivity contribution is 0.0372. The van der Waals surface area contributed by atoms with Crippen molar-refractivity contribution in [1.82, 2.24) is 24.9 Å². The van der Waals surface area contributed by atoms with Crippen molar-refractivity contribution >= 4 is 17.8 Å². The molecule has 0 unspecified atom stereocenters. The topological polar surface area (TPSA) is 122 Å². The summed E-state index contributed by atoms with van der Waals surface area (Å²) >= 11 is 0. The zero-order chi connectivity index (χ0) is 30.1. The van der Waals surface area contributed by atoms with E-state index in [2.05, 4.69) is 15.7 Å². The van der Waals surface area contributed by atoms with E-state index in [-0.39, 0.29) is 35.6 Å². The number of hydrogen-bond donors (Lipinski definition) is 2. The van der Waals surface area contributed by atoms with E-state index in [1.807, 2.05) is 75.7 Å². The van der Waals surface area contributed by atoms with Gasteiger partial charge < -0.3 is 24.8 Å². The summed E-state index contributed by atoms with van der Waals surface area (Å²) in [4.78, 5) is 25.2. The second-order valence-electron chi connectivity index (χ2n) is 12.0. The molecule has 0 bridgehead atoms. The van der Waals surface area contributed by atoms with Gasteiger partial charge in [-0.25, -0.2) is 9.48 Å². The number of hydrogen-bond acceptors (Lipinski definition) is 7. The van der Waals surface area contributed by atoms with E-state index in [1.54, 1.807) is 17.1 Å². The Bertz CT molecular complexity index is 1300. The third-order valence-electron chi connectivity index (χ3n) is 6.93. The summed E-state index contributed by atoms with van der Waals surface area (Å²) in [6.45, 7) is 12.5. The SMILES string of the molecule is CC(C)NC(=O)O[C@@H]1CC[C@H](c2cc(NC(=O)c3cnn(CCOCCOCc4ccccc4)c3)n(C(C)(C)C)n2)C1. The molecular formula is C31H44N6O5. The summed E-state index contributed by atoms with van der Waals surface area (Å²) in [7, 11) is 0. The Balaban J connectivity index is 1.26. The lowest BCUT2D eigenvalue weighted by atomic mass is 10.0. The van der Waals surface area contributed by atoms with E-state index >= 15 is 0 Å². The molecule has 228 valence electrons. The van der Waals surface area contributed by atoms with Crippen molar-refractivity contribution < 1.29 is 23.8 Å². The first-order chi connectivity index (χ1) is 20.1. The molecule has 11 heteroatoms. The van der Waals surface area contributed by atoms with Crippen LogP contribution in [0.2, 0.25) is 0 Å². The zero-order valence-corrected chi connectivity index (χ0v) is 25.3. The van der Waals surface area contributed by atoms with Gasteiger partial charge >= 0.3 is 6.09 Å². The van der Waals surface area contributed by atoms with Crippen molar-refractivity contribution in [3.63, 3.8) is 0 Å². The van der Waals surface area contributed by atoms with Crippen molar-refractivity contribution in [2.45, 2.75) is 90.6 Å². The van der Waals surface area contributed by atoms with Crippen LogP contribution in [0.25, 0.3) is 0 Å². The highest BCUT2D eigenvalue weighted by Crippen LogP contribution is 2.37. The molecular weight excluding hydrogens is 536 g/mol. The monoisotopic (exact) mass is 580 g/mol. The average Bonchev–Trinajstić information content (AvgIpc) is 3.68. The minimum absolute atomic E-state index is 0.0271. The number of aromatic nitrogens is 4. The van der Waals surface area contributed by atoms with E-state index in [9.17, 15) is 9.59 Å². The third kappa shape index (κ3) is 9.15. The first-order valence-corrected chi connectivity index (χ1v) is 14.7. The molecule has 4 rings (SSSR count). The minimum Gasteiger partial charge on any atom is -0.446 e. The molecule has 42 heavy (non-hydrogen) atoms. The van der Waals surface area contributed by atoms with Gasteiger partial charge in [0.25, 0.3) is 5.91 Å². The second-order valence-corrected chi connectivity index (χ2v) is 12.0. The zero-order valence-electron chi connectivity index (χ0n) is 25.3. The highest BCUT2D eigenvalue weighted by atomic mass is 16.6. The van der Waals surface area contributed by atoms with Crippen LogP contribution in [-0.4, -0.2) is 63.5 Å². The first kappa shape index (κ1) is 31.2. The quantitative estimate of drug-likeness (QED) is 0.270. The van der Waals surface area contributed by atoms with E-state index in [4.69, 9.17) is 19.3 Å². The molecule has 0 saturated heterocycles. The number of carbonyl (C=O) groups is 2. The number of nitrogens with zero attached hydrogens (tertiary/aromatic N) is 4. The molecule has 1 aliphatic carbocycles. The predicted octanol–water partition coefficient (Wildman–Crippen LogP) is 5.09. The molecule has 0 radical (unpaired) electrons. The summed E-state index contributed by atoms with van der Waals surface area (Å²) in [5, 5.41) is 15.0. The molecule has 2 aromatic heterocycles. The van der Waals surface area contributed by atoms with Gasteiger partial charge in [0, 0.05) is 24.2 Å². The van der Waals surface area contributed by atoms with E-state index in [0.29, 0.717) is 50.8 Å². The maximum atomic E-state index is 13.1. The van der Waals surface area contributed by atoms with E-state index < -0.39 is 0 Å². The van der Waals surface area contributed by atoms with Crippen LogP contribution in [0.15, 0.2) is 48.8 Å². The number of alkyl carbamates (subject to hydrolysis) is 1. The van der Waals surface area contributed by atoms with Gasteiger partial charge in [-0.05, 0) is 59.4 Å². The molecule has 0 aliphatic heterocycles. The van der Waals surface area contributed by atoms with Gasteiger partial charge in [-0.3, -0.25) is 9.48 Å². The van der Waals surface area contributed by atoms with Crippen molar-refractivity contribution in [2.24, 2.45) is 0 Å². The van der Waals surface area contributed by atoms with Gasteiger partial charge in [0.15, 0.2) is 0 Å². The van der Waals surface area contributed by atoms with E-state index in [0.717, 1.165) is 24.1 Å². The molecule has 11 nitrogen and oxygen atoms in total. The third-order valence-corrected chi connectivity index (χ3v) is 6.93. The van der Waals surface area contributed by atoms with Crippen molar-refractivity contribution in [2.75, 3.05) is 25.1 Å². The Morgan fingerprint density at radius 3 is 2.57 bits per heavy atom. The Morgan fingerprint density at radius 2 is 1.83 bits per heavy atom. The summed E-state index contributed by atoms with van der Waals surface area (Å²) in [6.07, 6.45) is 5.08. The first-order valence-electron chi connectivity index (χ1n) is 14.7. The maximum absolute atomic E-state index is 13.1. The Hall–Kier alpha value is -3.70. The summed E-state index contributed by atoms with van der Waals surface area (Å²) < 4.78 is 20.4. The number of anilines is 1. The Kier molecular flexibility index (Phi) is 10.8. The Labute approximate surface area is 247 Å². The fourth-order valence-electron chi connectivity index (χ4n) is 4.87. The van der Waals surface area contributed by atoms with Crippen LogP contribution in [0, 0.1) is 0 Å². The molecule has 1 saturated carbocycles. The van der Waals surface area contributed by atoms with Crippen LogP contribution in [0.4, 0.5) is 10.6 Å². The van der Waals surface area contributed by atoms with Gasteiger partial charge in [0.05, 0.1) is 56.0 Å². The number of amides is 2. The highest BCUT2D eigenvalue weighted by Gasteiger charge is 2.32. The van der Waals surface area contributed by atoms with Crippen molar-refractivity contribution in [1.29, 1.82) is 0 Å². The molecule has 0 spiro atoms. The fraction of sp³-hybridized carbons (Fsp3) is 0.548. The minimum atomic E-state index is -0.385. The smallest absolute Gasteiger partial charge is 0.407 e. The van der Waals surface area contributed by atoms with Crippen LogP contribution in [0.3, 0.4) is 0 Å². The summed E-state index contributed by atoms with van der Waals surface area (Å²) in [5.74, 6) is 0.509. The van der Waals surface area contributed by atoms with Gasteiger partial charge in [0.1, 0.15) is 11.9 Å². The number of benzene rings is 1. The molecule has 2 amide bonds. The summed E-state index contributed by atoms with van der Waals surface area (Å²) in [6, 6.07) is 12.0. The van der Waals surface area contributed by atoms with Gasteiger partial charge in [-0.15, -0.1) is 0 Å². The number of rotatable bonds is 13. The molecule has 1 fully saturated rings. The molecule has 1 aliphatic rings. The highest BCUT2D eigenvalue weighted by molar-refractivity contribution is 6.03. The lowest BCUT2D eigenvalue weighted by Crippen LogP contribution is -2.33. The van der Waals surface area contributed by atoms with Crippen molar-refractivity contribution in [3.8, 4) is 0 Å². The predicted molar refractivity (Wildman–Crippen MR) is 159 cm³/mol. The number of ether oxygens (including phenoxy) is 3. The van der Waals surface area contributed by atoms with Gasteiger partial charge in [0.2, 0.25) is 0 Å². The van der Waals surface area contributed by atoms with Gasteiger partial charge in [-0.1, -0.05) is 30.3 Å². The molecule has 2 atom stereocenters. The molecule has 2 N–H and O–H groups in total. The largest absolute Gasteiger partial charge is 0.446 e. The maximum Gasteiger partial charge on any atom is 0.407 e. The molecule has 2 heterocycles. The molecule has 1 aromatic carbocycles. The standard InChI is InChI=1S/C31H44N6O5/c1-22(2)33-30(39)42-26-12-11-24(17-26)27-18-28(37(35-27)31(3,4)5)34-29(38)25-19-32-36(20-25)13-14-40-15-16-41-21-23-9-7-6-8-10-23/h6-10,18-20,22,24,26H,11-17,21H2,1-5H3,(H,33,39)(H,34,38)/t24-,26+/m0/s1. The normalized spacial score (nSPS) is 17.0. The summed E-state index contributed by atoms with van der Waals surface area (Å²) in [5.41, 5.74) is 2.12. The van der Waals surface area contributed by atoms with Crippen LogP contribution in [0.5, 0.6) is 0 Å². The lowest BCUT2D eigenvalue weighted by Gasteiger charge is -2.22. The van der Waals surface area contributed by atoms with E-state index in [1.165, 1.54) is 0 Å². The van der Waals surface area contributed by atoms with Crippen LogP contribution >= 0.6 is 0 Å². The number of nitrogens with one attached hydrogen (secondary N) is 2. The van der Waals surface area contributed by atoms with Crippen LogP contribution < -0.4 is 10.6 Å². The Morgan fingerprint density at radius 1 is 1.07 bits per heavy atom. The number of carbonyl (C=O) groups excluding carboxylic acids is 2.